The fraction of sp³-hybridized carbons (Fsp3) is 0.318. The van der Waals surface area contributed by atoms with Crippen LogP contribution in [0.15, 0.2) is 42.5 Å². The number of carbonyl (C=O) groups is 3. The van der Waals surface area contributed by atoms with Gasteiger partial charge in [0.15, 0.2) is 0 Å². The Morgan fingerprint density at radius 1 is 1.20 bits per heavy atom. The number of para-hydroxylation sites is 1. The first-order valence-corrected chi connectivity index (χ1v) is 9.89. The monoisotopic (exact) mass is 410 g/mol. The molecule has 0 saturated carbocycles. The molecule has 5 N–H and O–H groups in total. The first kappa shape index (κ1) is 21.3. The number of nitrogens with zero attached hydrogens (tertiary/aromatic N) is 1. The molecule has 8 heteroatoms. The van der Waals surface area contributed by atoms with Gasteiger partial charge in [0, 0.05) is 25.2 Å². The van der Waals surface area contributed by atoms with Gasteiger partial charge in [-0.1, -0.05) is 18.2 Å². The summed E-state index contributed by atoms with van der Waals surface area (Å²) in [6.07, 6.45) is 1.71. The summed E-state index contributed by atoms with van der Waals surface area (Å²) in [6, 6.07) is 11.1. The van der Waals surface area contributed by atoms with Crippen LogP contribution in [0.2, 0.25) is 0 Å². The fourth-order valence-corrected chi connectivity index (χ4v) is 3.65. The van der Waals surface area contributed by atoms with Crippen molar-refractivity contribution in [2.24, 2.45) is 5.73 Å². The van der Waals surface area contributed by atoms with Crippen LogP contribution in [0.1, 0.15) is 45.0 Å². The van der Waals surface area contributed by atoms with E-state index < -0.39 is 11.8 Å². The lowest BCUT2D eigenvalue weighted by molar-refractivity contribution is -0.135. The standard InChI is InChI=1S/C22H26N4O4/c1-24-11-13-26-12-3-5-16(22(26)30)14-7-9-15(10-8-14)21(29)25-19-17(20(23)28)4-2-6-18(19)27/h2,4,6-10,16,24,27H,3,5,11-13H2,1H3,(H2,23,28)(H,25,29). The summed E-state index contributed by atoms with van der Waals surface area (Å²) < 4.78 is 0. The molecule has 0 spiro atoms. The van der Waals surface area contributed by atoms with Crippen molar-refractivity contribution < 1.29 is 19.5 Å². The van der Waals surface area contributed by atoms with Crippen LogP contribution >= 0.6 is 0 Å². The zero-order valence-electron chi connectivity index (χ0n) is 16.9. The number of nitrogens with two attached hydrogens (primary N) is 1. The lowest BCUT2D eigenvalue weighted by Gasteiger charge is -2.32. The van der Waals surface area contributed by atoms with E-state index in [-0.39, 0.29) is 28.8 Å². The third kappa shape index (κ3) is 4.60. The molecule has 158 valence electrons. The van der Waals surface area contributed by atoms with Gasteiger partial charge in [-0.15, -0.1) is 0 Å². The molecule has 1 aliphatic rings. The van der Waals surface area contributed by atoms with Gasteiger partial charge in [-0.3, -0.25) is 14.4 Å². The Balaban J connectivity index is 1.74. The van der Waals surface area contributed by atoms with E-state index in [1.54, 1.807) is 24.3 Å². The van der Waals surface area contributed by atoms with Crippen LogP contribution in [0, 0.1) is 0 Å². The Labute approximate surface area is 175 Å². The van der Waals surface area contributed by atoms with Crippen molar-refractivity contribution in [3.05, 3.63) is 59.2 Å². The molecule has 1 fully saturated rings. The summed E-state index contributed by atoms with van der Waals surface area (Å²) >= 11 is 0. The summed E-state index contributed by atoms with van der Waals surface area (Å²) in [7, 11) is 1.86. The average Bonchev–Trinajstić information content (AvgIpc) is 2.74. The minimum atomic E-state index is -0.754. The molecule has 0 radical (unpaired) electrons. The van der Waals surface area contributed by atoms with Crippen LogP contribution in [-0.2, 0) is 4.79 Å². The number of piperidine rings is 1. The largest absolute Gasteiger partial charge is 0.506 e. The molecule has 0 aromatic heterocycles. The highest BCUT2D eigenvalue weighted by atomic mass is 16.3. The third-order valence-electron chi connectivity index (χ3n) is 5.28. The van der Waals surface area contributed by atoms with Crippen molar-refractivity contribution in [3.8, 4) is 5.75 Å². The highest BCUT2D eigenvalue weighted by Crippen LogP contribution is 2.30. The zero-order chi connectivity index (χ0) is 21.7. The number of hydrogen-bond acceptors (Lipinski definition) is 5. The number of hydrogen-bond donors (Lipinski definition) is 4. The number of likely N-dealkylation sites (tertiary alicyclic amines) is 1. The Kier molecular flexibility index (Phi) is 6.68. The minimum absolute atomic E-state index is 0.0226. The van der Waals surface area contributed by atoms with E-state index >= 15 is 0 Å². The summed E-state index contributed by atoms with van der Waals surface area (Å²) in [6.45, 7) is 2.19. The number of amides is 3. The molecule has 2 aromatic carbocycles. The number of carbonyl (C=O) groups excluding carboxylic acids is 3. The Morgan fingerprint density at radius 3 is 2.60 bits per heavy atom. The summed E-state index contributed by atoms with van der Waals surface area (Å²) in [5, 5.41) is 15.6. The number of primary amides is 1. The van der Waals surface area contributed by atoms with E-state index in [2.05, 4.69) is 10.6 Å². The predicted octanol–water partition coefficient (Wildman–Crippen LogP) is 1.67. The van der Waals surface area contributed by atoms with E-state index in [1.807, 2.05) is 11.9 Å². The molecule has 0 bridgehead atoms. The van der Waals surface area contributed by atoms with E-state index in [0.717, 1.165) is 31.5 Å². The number of nitrogens with one attached hydrogen (secondary N) is 2. The van der Waals surface area contributed by atoms with Crippen molar-refractivity contribution in [3.63, 3.8) is 0 Å². The van der Waals surface area contributed by atoms with Crippen LogP contribution in [0.5, 0.6) is 5.75 Å². The van der Waals surface area contributed by atoms with E-state index in [4.69, 9.17) is 5.73 Å². The van der Waals surface area contributed by atoms with Gasteiger partial charge in [-0.25, -0.2) is 0 Å². The molecule has 3 rings (SSSR count). The molecule has 1 aliphatic heterocycles. The van der Waals surface area contributed by atoms with Crippen molar-refractivity contribution >= 4 is 23.4 Å². The van der Waals surface area contributed by atoms with Crippen LogP contribution in [0.25, 0.3) is 0 Å². The van der Waals surface area contributed by atoms with Crippen molar-refractivity contribution in [1.29, 1.82) is 0 Å². The molecule has 0 aliphatic carbocycles. The maximum atomic E-state index is 12.8. The van der Waals surface area contributed by atoms with Gasteiger partial charge in [-0.05, 0) is 49.7 Å². The molecular weight excluding hydrogens is 384 g/mol. The normalized spacial score (nSPS) is 16.4. The number of likely N-dealkylation sites (N-methyl/N-ethyl adjacent to an activating group) is 1. The molecule has 2 aromatic rings. The molecule has 1 atom stereocenters. The van der Waals surface area contributed by atoms with Gasteiger partial charge in [0.2, 0.25) is 5.91 Å². The SMILES string of the molecule is CNCCN1CCCC(c2ccc(C(=O)Nc3c(O)cccc3C(N)=O)cc2)C1=O. The minimum Gasteiger partial charge on any atom is -0.506 e. The third-order valence-corrected chi connectivity index (χ3v) is 5.28. The summed E-state index contributed by atoms with van der Waals surface area (Å²) in [5.41, 5.74) is 6.52. The average molecular weight is 410 g/mol. The second-order valence-electron chi connectivity index (χ2n) is 7.26. The van der Waals surface area contributed by atoms with E-state index in [0.29, 0.717) is 12.1 Å². The number of rotatable bonds is 7. The van der Waals surface area contributed by atoms with Crippen molar-refractivity contribution in [2.45, 2.75) is 18.8 Å². The highest BCUT2D eigenvalue weighted by molar-refractivity contribution is 6.09. The Hall–Kier alpha value is -3.39. The van der Waals surface area contributed by atoms with Gasteiger partial charge in [-0.2, -0.15) is 0 Å². The second kappa shape index (κ2) is 9.41. The van der Waals surface area contributed by atoms with E-state index in [1.165, 1.54) is 18.2 Å². The van der Waals surface area contributed by atoms with Crippen LogP contribution in [-0.4, -0.2) is 54.4 Å². The van der Waals surface area contributed by atoms with Crippen LogP contribution < -0.4 is 16.4 Å². The topological polar surface area (TPSA) is 125 Å². The number of anilines is 1. The van der Waals surface area contributed by atoms with Crippen molar-refractivity contribution in [1.82, 2.24) is 10.2 Å². The highest BCUT2D eigenvalue weighted by Gasteiger charge is 2.29. The maximum Gasteiger partial charge on any atom is 0.255 e. The number of phenolic OH excluding ortho intramolecular Hbond substituents is 1. The first-order chi connectivity index (χ1) is 14.4. The molecular formula is C22H26N4O4. The molecule has 3 amide bonds. The molecule has 30 heavy (non-hydrogen) atoms. The van der Waals surface area contributed by atoms with Gasteiger partial charge < -0.3 is 26.4 Å². The second-order valence-corrected chi connectivity index (χ2v) is 7.26. The number of aromatic hydroxyl groups is 1. The first-order valence-electron chi connectivity index (χ1n) is 9.89. The molecule has 8 nitrogen and oxygen atoms in total. The smallest absolute Gasteiger partial charge is 0.255 e. The molecule has 1 saturated heterocycles. The fourth-order valence-electron chi connectivity index (χ4n) is 3.65. The van der Waals surface area contributed by atoms with Crippen LogP contribution in [0.3, 0.4) is 0 Å². The van der Waals surface area contributed by atoms with Gasteiger partial charge in [0.05, 0.1) is 17.2 Å². The lowest BCUT2D eigenvalue weighted by Crippen LogP contribution is -2.43. The number of benzene rings is 2. The lowest BCUT2D eigenvalue weighted by atomic mass is 9.89. The number of phenols is 1. The maximum absolute atomic E-state index is 12.8. The Morgan fingerprint density at radius 2 is 1.93 bits per heavy atom. The predicted molar refractivity (Wildman–Crippen MR) is 114 cm³/mol. The van der Waals surface area contributed by atoms with Crippen molar-refractivity contribution in [2.75, 3.05) is 32.0 Å². The Bertz CT molecular complexity index is 943. The van der Waals surface area contributed by atoms with Gasteiger partial charge in [0.1, 0.15) is 5.75 Å². The van der Waals surface area contributed by atoms with Crippen LogP contribution in [0.4, 0.5) is 5.69 Å². The summed E-state index contributed by atoms with van der Waals surface area (Å²) in [4.78, 5) is 38.8. The van der Waals surface area contributed by atoms with Gasteiger partial charge >= 0.3 is 0 Å². The molecule has 1 heterocycles. The quantitative estimate of drug-likeness (QED) is 0.517. The summed E-state index contributed by atoms with van der Waals surface area (Å²) in [5.74, 6) is -1.60. The molecule has 1 unspecified atom stereocenters. The van der Waals surface area contributed by atoms with E-state index in [9.17, 15) is 19.5 Å². The zero-order valence-corrected chi connectivity index (χ0v) is 16.9. The van der Waals surface area contributed by atoms with Gasteiger partial charge in [0.25, 0.3) is 11.8 Å².